The summed E-state index contributed by atoms with van der Waals surface area (Å²) in [5, 5.41) is 8.32. The smallest absolute Gasteiger partial charge is 0.316 e. The fourth-order valence-corrected chi connectivity index (χ4v) is 1.93. The van der Waals surface area contributed by atoms with Crippen molar-refractivity contribution in [1.82, 2.24) is 14.4 Å². The molecule has 5 nitrogen and oxygen atoms in total. The Morgan fingerprint density at radius 1 is 1.69 bits per heavy atom. The lowest BCUT2D eigenvalue weighted by atomic mass is 10.5. The fourth-order valence-electron chi connectivity index (χ4n) is 1.23. The Bertz CT molecular complexity index is 478. The number of carbonyl (C=O) groups is 1. The third kappa shape index (κ3) is 2.33. The van der Waals surface area contributed by atoms with E-state index in [4.69, 9.17) is 5.11 Å². The van der Waals surface area contributed by atoms with E-state index in [0.29, 0.717) is 11.5 Å². The quantitative estimate of drug-likeness (QED) is 0.871. The number of hydrogen-bond acceptors (Lipinski definition) is 4. The van der Waals surface area contributed by atoms with E-state index in [0.717, 1.165) is 5.69 Å². The van der Waals surface area contributed by atoms with E-state index in [-0.39, 0.29) is 0 Å². The first-order valence-electron chi connectivity index (χ1n) is 4.80. The molecule has 0 radical (unpaired) electrons. The van der Waals surface area contributed by atoms with Gasteiger partial charge in [-0.3, -0.25) is 9.20 Å². The molecule has 0 aromatic carbocycles. The van der Waals surface area contributed by atoms with Gasteiger partial charge in [0.15, 0.2) is 0 Å². The van der Waals surface area contributed by atoms with Gasteiger partial charge in [0.05, 0.1) is 10.9 Å². The number of fused-ring (bicyclic) bond motifs is 1. The summed E-state index contributed by atoms with van der Waals surface area (Å²) in [5.41, 5.74) is 0.844. The number of carboxylic acid groups (broad SMARTS) is 1. The molecule has 0 aliphatic heterocycles. The average molecular weight is 237 g/mol. The fraction of sp³-hybridized carbons (Fsp3) is 0.300. The highest BCUT2D eigenvalue weighted by molar-refractivity contribution is 7.99. The Morgan fingerprint density at radius 3 is 3.19 bits per heavy atom. The lowest BCUT2D eigenvalue weighted by molar-refractivity contribution is -0.136. The molecule has 2 aromatic heterocycles. The van der Waals surface area contributed by atoms with Crippen molar-refractivity contribution in [1.29, 1.82) is 0 Å². The molecule has 0 fully saturated rings. The molecule has 0 bridgehead atoms. The van der Waals surface area contributed by atoms with E-state index in [1.54, 1.807) is 13.1 Å². The van der Waals surface area contributed by atoms with Crippen LogP contribution >= 0.6 is 11.8 Å². The summed E-state index contributed by atoms with van der Waals surface area (Å²) in [7, 11) is 0. The molecule has 2 aromatic rings. The van der Waals surface area contributed by atoms with E-state index < -0.39 is 11.2 Å². The van der Waals surface area contributed by atoms with Crippen molar-refractivity contribution in [3.63, 3.8) is 0 Å². The number of aromatic nitrogens is 3. The summed E-state index contributed by atoms with van der Waals surface area (Å²) in [6.07, 6.45) is 5.41. The van der Waals surface area contributed by atoms with Crippen LogP contribution in [-0.4, -0.2) is 30.7 Å². The largest absolute Gasteiger partial charge is 0.480 e. The van der Waals surface area contributed by atoms with Gasteiger partial charge in [-0.25, -0.2) is 9.97 Å². The Hall–Kier alpha value is -1.56. The zero-order valence-electron chi connectivity index (χ0n) is 8.70. The van der Waals surface area contributed by atoms with Gasteiger partial charge in [0.25, 0.3) is 0 Å². The van der Waals surface area contributed by atoms with Gasteiger partial charge in [-0.2, -0.15) is 0 Å². The van der Waals surface area contributed by atoms with Gasteiger partial charge in [-0.05, 0) is 13.0 Å². The molecular formula is C10H11N3O2S. The van der Waals surface area contributed by atoms with Crippen LogP contribution in [0.4, 0.5) is 0 Å². The van der Waals surface area contributed by atoms with Gasteiger partial charge in [-0.1, -0.05) is 0 Å². The Balaban J connectivity index is 2.07. The van der Waals surface area contributed by atoms with Crippen LogP contribution in [0.5, 0.6) is 0 Å². The Labute approximate surface area is 96.5 Å². The molecule has 0 aliphatic carbocycles. The van der Waals surface area contributed by atoms with Crippen molar-refractivity contribution in [2.75, 3.05) is 0 Å². The van der Waals surface area contributed by atoms with Crippen LogP contribution in [0.25, 0.3) is 5.78 Å². The van der Waals surface area contributed by atoms with Crippen LogP contribution in [0.3, 0.4) is 0 Å². The molecule has 6 heteroatoms. The zero-order chi connectivity index (χ0) is 11.5. The van der Waals surface area contributed by atoms with Crippen molar-refractivity contribution >= 4 is 23.5 Å². The van der Waals surface area contributed by atoms with Crippen LogP contribution in [0, 0.1) is 0 Å². The van der Waals surface area contributed by atoms with Crippen molar-refractivity contribution in [2.24, 2.45) is 0 Å². The standard InChI is InChI=1S/C10H11N3O2S/c1-7(9(14)15)16-6-8-5-13-4-2-3-11-10(13)12-8/h2-5,7H,6H2,1H3,(H,14,15). The number of thioether (sulfide) groups is 1. The van der Waals surface area contributed by atoms with Gasteiger partial charge in [-0.15, -0.1) is 11.8 Å². The topological polar surface area (TPSA) is 67.5 Å². The van der Waals surface area contributed by atoms with E-state index in [9.17, 15) is 4.79 Å². The number of aliphatic carboxylic acids is 1. The third-order valence-electron chi connectivity index (χ3n) is 2.11. The highest BCUT2D eigenvalue weighted by Crippen LogP contribution is 2.17. The minimum Gasteiger partial charge on any atom is -0.480 e. The van der Waals surface area contributed by atoms with E-state index >= 15 is 0 Å². The minimum atomic E-state index is -0.799. The first-order valence-corrected chi connectivity index (χ1v) is 5.84. The maximum Gasteiger partial charge on any atom is 0.316 e. The molecule has 1 unspecified atom stereocenters. The second-order valence-electron chi connectivity index (χ2n) is 3.35. The van der Waals surface area contributed by atoms with Crippen LogP contribution < -0.4 is 0 Å². The molecular weight excluding hydrogens is 226 g/mol. The molecule has 0 aliphatic rings. The maximum absolute atomic E-state index is 10.6. The molecule has 16 heavy (non-hydrogen) atoms. The van der Waals surface area contributed by atoms with Gasteiger partial charge in [0, 0.05) is 24.3 Å². The average Bonchev–Trinajstić information content (AvgIpc) is 2.68. The summed E-state index contributed by atoms with van der Waals surface area (Å²) >= 11 is 1.35. The third-order valence-corrected chi connectivity index (χ3v) is 3.28. The highest BCUT2D eigenvalue weighted by atomic mass is 32.2. The van der Waals surface area contributed by atoms with Gasteiger partial charge >= 0.3 is 5.97 Å². The molecule has 1 atom stereocenters. The summed E-state index contributed by atoms with van der Waals surface area (Å²) in [5.74, 6) is 0.421. The number of imidazole rings is 1. The molecule has 2 heterocycles. The Kier molecular flexibility index (Phi) is 3.09. The monoisotopic (exact) mass is 237 g/mol. The van der Waals surface area contributed by atoms with E-state index in [1.165, 1.54) is 11.8 Å². The summed E-state index contributed by atoms with van der Waals surface area (Å²) in [6.45, 7) is 1.67. The first-order chi connectivity index (χ1) is 7.66. The van der Waals surface area contributed by atoms with Crippen LogP contribution in [0.15, 0.2) is 24.7 Å². The molecule has 0 amide bonds. The lowest BCUT2D eigenvalue weighted by Crippen LogP contribution is -2.11. The second-order valence-corrected chi connectivity index (χ2v) is 4.68. The minimum absolute atomic E-state index is 0.419. The molecule has 0 spiro atoms. The number of rotatable bonds is 4. The van der Waals surface area contributed by atoms with E-state index in [1.807, 2.05) is 22.9 Å². The molecule has 2 rings (SSSR count). The summed E-state index contributed by atoms with van der Waals surface area (Å²) in [4.78, 5) is 19.0. The summed E-state index contributed by atoms with van der Waals surface area (Å²) in [6, 6.07) is 1.82. The Morgan fingerprint density at radius 2 is 2.50 bits per heavy atom. The normalized spacial score (nSPS) is 12.8. The van der Waals surface area contributed by atoms with Crippen molar-refractivity contribution < 1.29 is 9.90 Å². The lowest BCUT2D eigenvalue weighted by Gasteiger charge is -2.02. The first kappa shape index (κ1) is 10.9. The van der Waals surface area contributed by atoms with Gasteiger partial charge in [0.2, 0.25) is 5.78 Å². The van der Waals surface area contributed by atoms with E-state index in [2.05, 4.69) is 9.97 Å². The maximum atomic E-state index is 10.6. The van der Waals surface area contributed by atoms with Crippen LogP contribution in [0.1, 0.15) is 12.6 Å². The predicted molar refractivity (Wildman–Crippen MR) is 61.4 cm³/mol. The molecule has 0 saturated heterocycles. The van der Waals surface area contributed by atoms with Crippen molar-refractivity contribution in [3.05, 3.63) is 30.4 Å². The molecule has 84 valence electrons. The second kappa shape index (κ2) is 4.52. The van der Waals surface area contributed by atoms with Crippen LogP contribution in [0.2, 0.25) is 0 Å². The molecule has 1 N–H and O–H groups in total. The number of carboxylic acids is 1. The zero-order valence-corrected chi connectivity index (χ0v) is 9.52. The van der Waals surface area contributed by atoms with Gasteiger partial charge < -0.3 is 5.11 Å². The number of hydrogen-bond donors (Lipinski definition) is 1. The summed E-state index contributed by atoms with van der Waals surface area (Å²) < 4.78 is 1.82. The van der Waals surface area contributed by atoms with Crippen LogP contribution in [-0.2, 0) is 10.5 Å². The SMILES string of the molecule is CC(SCc1cn2cccnc2n1)C(=O)O. The van der Waals surface area contributed by atoms with Gasteiger partial charge in [0.1, 0.15) is 0 Å². The van der Waals surface area contributed by atoms with Crippen molar-refractivity contribution in [2.45, 2.75) is 17.9 Å². The molecule has 0 saturated carbocycles. The highest BCUT2D eigenvalue weighted by Gasteiger charge is 2.12. The number of nitrogens with zero attached hydrogens (tertiary/aromatic N) is 3. The van der Waals surface area contributed by atoms with Crippen molar-refractivity contribution in [3.8, 4) is 0 Å². The predicted octanol–water partition coefficient (Wildman–Crippen LogP) is 1.44.